The van der Waals surface area contributed by atoms with Crippen molar-refractivity contribution in [2.45, 2.75) is 25.7 Å². The Hall–Kier alpha value is -1.88. The van der Waals surface area contributed by atoms with Crippen LogP contribution in [-0.2, 0) is 9.53 Å². The summed E-state index contributed by atoms with van der Waals surface area (Å²) in [7, 11) is 0. The fraction of sp³-hybridized carbons (Fsp3) is 0.529. The van der Waals surface area contributed by atoms with Gasteiger partial charge in [0.1, 0.15) is 0 Å². The number of nitrogens with zero attached hydrogens (tertiary/aromatic N) is 1. The number of rotatable bonds is 3. The Bertz CT molecular complexity index is 547. The summed E-state index contributed by atoms with van der Waals surface area (Å²) in [4.78, 5) is 26.4. The first kappa shape index (κ1) is 15.0. The zero-order valence-corrected chi connectivity index (χ0v) is 12.7. The van der Waals surface area contributed by atoms with Crippen LogP contribution in [0.2, 0.25) is 0 Å². The Balaban J connectivity index is 1.66. The van der Waals surface area contributed by atoms with Crippen LogP contribution < -0.4 is 5.32 Å². The van der Waals surface area contributed by atoms with Crippen LogP contribution in [0.15, 0.2) is 24.3 Å². The zero-order chi connectivity index (χ0) is 15.4. The molecule has 0 atom stereocenters. The minimum absolute atomic E-state index is 0.000246. The predicted molar refractivity (Wildman–Crippen MR) is 83.8 cm³/mol. The number of benzene rings is 1. The van der Waals surface area contributed by atoms with Crippen LogP contribution in [0.25, 0.3) is 0 Å². The van der Waals surface area contributed by atoms with E-state index >= 15 is 0 Å². The molecule has 1 saturated carbocycles. The van der Waals surface area contributed by atoms with Crippen molar-refractivity contribution >= 4 is 17.5 Å². The lowest BCUT2D eigenvalue weighted by atomic mass is 10.1. The monoisotopic (exact) mass is 302 g/mol. The van der Waals surface area contributed by atoms with Gasteiger partial charge in [-0.25, -0.2) is 0 Å². The summed E-state index contributed by atoms with van der Waals surface area (Å²) in [6.07, 6.45) is 4.21. The van der Waals surface area contributed by atoms with Crippen molar-refractivity contribution in [1.82, 2.24) is 4.90 Å². The molecule has 1 heterocycles. The number of nitrogens with one attached hydrogen (secondary N) is 1. The van der Waals surface area contributed by atoms with E-state index in [2.05, 4.69) is 5.32 Å². The number of carbonyl (C=O) groups excluding carboxylic acids is 2. The summed E-state index contributed by atoms with van der Waals surface area (Å²) < 4.78 is 5.27. The van der Waals surface area contributed by atoms with Crippen LogP contribution in [0.3, 0.4) is 0 Å². The van der Waals surface area contributed by atoms with Crippen molar-refractivity contribution < 1.29 is 14.3 Å². The fourth-order valence-electron chi connectivity index (χ4n) is 3.11. The largest absolute Gasteiger partial charge is 0.378 e. The molecule has 5 nitrogen and oxygen atoms in total. The second-order valence-electron chi connectivity index (χ2n) is 5.96. The van der Waals surface area contributed by atoms with Crippen LogP contribution >= 0.6 is 0 Å². The highest BCUT2D eigenvalue weighted by Crippen LogP contribution is 2.26. The van der Waals surface area contributed by atoms with E-state index in [9.17, 15) is 9.59 Å². The lowest BCUT2D eigenvalue weighted by Gasteiger charge is -2.27. The number of anilines is 1. The van der Waals surface area contributed by atoms with E-state index in [4.69, 9.17) is 4.74 Å². The van der Waals surface area contributed by atoms with Crippen LogP contribution in [0.1, 0.15) is 36.0 Å². The molecule has 0 spiro atoms. The Morgan fingerprint density at radius 2 is 1.86 bits per heavy atom. The zero-order valence-electron chi connectivity index (χ0n) is 12.7. The van der Waals surface area contributed by atoms with Gasteiger partial charge >= 0.3 is 0 Å². The molecule has 0 aromatic heterocycles. The quantitative estimate of drug-likeness (QED) is 0.932. The van der Waals surface area contributed by atoms with Gasteiger partial charge in [-0.1, -0.05) is 18.9 Å². The number of ether oxygens (including phenoxy) is 1. The number of carbonyl (C=O) groups is 2. The minimum Gasteiger partial charge on any atom is -0.378 e. The first-order chi connectivity index (χ1) is 10.7. The summed E-state index contributed by atoms with van der Waals surface area (Å²) >= 11 is 0. The smallest absolute Gasteiger partial charge is 0.254 e. The first-order valence-corrected chi connectivity index (χ1v) is 8.02. The molecule has 0 radical (unpaired) electrons. The molecule has 3 rings (SSSR count). The molecule has 1 aliphatic heterocycles. The maximum Gasteiger partial charge on any atom is 0.254 e. The maximum absolute atomic E-state index is 12.5. The molecule has 2 fully saturated rings. The number of hydrogen-bond acceptors (Lipinski definition) is 3. The second-order valence-corrected chi connectivity index (χ2v) is 5.96. The molecule has 2 aliphatic rings. The molecule has 1 saturated heterocycles. The first-order valence-electron chi connectivity index (χ1n) is 8.02. The molecule has 5 heteroatoms. The second kappa shape index (κ2) is 6.92. The standard InChI is InChI=1S/C17H22N2O3/c20-16(13-4-1-2-5-13)18-15-7-3-6-14(12-15)17(21)19-8-10-22-11-9-19/h3,6-7,12-13H,1-2,4-5,8-11H2,(H,18,20). The van der Waals surface area contributed by atoms with Gasteiger partial charge in [0.25, 0.3) is 5.91 Å². The lowest BCUT2D eigenvalue weighted by molar-refractivity contribution is -0.119. The SMILES string of the molecule is O=C(Nc1cccc(C(=O)N2CCOCC2)c1)C1CCCC1. The molecule has 1 aromatic carbocycles. The van der Waals surface area contributed by atoms with Crippen molar-refractivity contribution in [3.05, 3.63) is 29.8 Å². The van der Waals surface area contributed by atoms with E-state index in [1.54, 1.807) is 17.0 Å². The number of amides is 2. The molecule has 1 aliphatic carbocycles. The third-order valence-corrected chi connectivity index (χ3v) is 4.40. The summed E-state index contributed by atoms with van der Waals surface area (Å²) in [6, 6.07) is 7.22. The summed E-state index contributed by atoms with van der Waals surface area (Å²) in [5.41, 5.74) is 1.32. The molecule has 118 valence electrons. The lowest BCUT2D eigenvalue weighted by Crippen LogP contribution is -2.40. The highest BCUT2D eigenvalue weighted by molar-refractivity contribution is 5.97. The molecule has 2 amide bonds. The van der Waals surface area contributed by atoms with E-state index in [1.165, 1.54) is 0 Å². The van der Waals surface area contributed by atoms with Crippen LogP contribution in [0.4, 0.5) is 5.69 Å². The van der Waals surface area contributed by atoms with Crippen LogP contribution in [-0.4, -0.2) is 43.0 Å². The van der Waals surface area contributed by atoms with Gasteiger partial charge in [0.15, 0.2) is 0 Å². The third-order valence-electron chi connectivity index (χ3n) is 4.40. The molecule has 22 heavy (non-hydrogen) atoms. The molecular weight excluding hydrogens is 280 g/mol. The van der Waals surface area contributed by atoms with E-state index in [0.29, 0.717) is 37.6 Å². The Morgan fingerprint density at radius 1 is 1.14 bits per heavy atom. The van der Waals surface area contributed by atoms with Crippen molar-refractivity contribution in [1.29, 1.82) is 0 Å². The van der Waals surface area contributed by atoms with Crippen molar-refractivity contribution in [2.24, 2.45) is 5.92 Å². The Morgan fingerprint density at radius 3 is 2.59 bits per heavy atom. The predicted octanol–water partition coefficient (Wildman–Crippen LogP) is 2.29. The van der Waals surface area contributed by atoms with E-state index in [-0.39, 0.29) is 17.7 Å². The molecule has 0 unspecified atom stereocenters. The molecular formula is C17H22N2O3. The van der Waals surface area contributed by atoms with Gasteiger partial charge in [0.05, 0.1) is 13.2 Å². The van der Waals surface area contributed by atoms with Gasteiger partial charge in [-0.05, 0) is 31.0 Å². The fourth-order valence-corrected chi connectivity index (χ4v) is 3.11. The average molecular weight is 302 g/mol. The molecule has 1 aromatic rings. The van der Waals surface area contributed by atoms with Crippen LogP contribution in [0.5, 0.6) is 0 Å². The van der Waals surface area contributed by atoms with Gasteiger partial charge in [-0.2, -0.15) is 0 Å². The Kier molecular flexibility index (Phi) is 4.73. The minimum atomic E-state index is 0.000246. The van der Waals surface area contributed by atoms with Gasteiger partial charge in [-0.15, -0.1) is 0 Å². The van der Waals surface area contributed by atoms with E-state index in [0.717, 1.165) is 25.7 Å². The normalized spacial score (nSPS) is 19.2. The van der Waals surface area contributed by atoms with Crippen molar-refractivity contribution in [2.75, 3.05) is 31.6 Å². The highest BCUT2D eigenvalue weighted by Gasteiger charge is 2.23. The topological polar surface area (TPSA) is 58.6 Å². The maximum atomic E-state index is 12.5. The Labute approximate surface area is 130 Å². The van der Waals surface area contributed by atoms with Gasteiger partial charge < -0.3 is 15.0 Å². The number of hydrogen-bond donors (Lipinski definition) is 1. The summed E-state index contributed by atoms with van der Waals surface area (Å²) in [5.74, 6) is 0.201. The highest BCUT2D eigenvalue weighted by atomic mass is 16.5. The molecule has 0 bridgehead atoms. The molecule has 1 N–H and O–H groups in total. The third kappa shape index (κ3) is 3.47. The summed E-state index contributed by atoms with van der Waals surface area (Å²) in [6.45, 7) is 2.42. The van der Waals surface area contributed by atoms with E-state index in [1.807, 2.05) is 12.1 Å². The van der Waals surface area contributed by atoms with Gasteiger partial charge in [0.2, 0.25) is 5.91 Å². The van der Waals surface area contributed by atoms with Crippen LogP contribution in [0, 0.1) is 5.92 Å². The number of morpholine rings is 1. The van der Waals surface area contributed by atoms with Gasteiger partial charge in [-0.3, -0.25) is 9.59 Å². The van der Waals surface area contributed by atoms with Crippen molar-refractivity contribution in [3.63, 3.8) is 0 Å². The van der Waals surface area contributed by atoms with Gasteiger partial charge in [0, 0.05) is 30.3 Å². The average Bonchev–Trinajstić information content (AvgIpc) is 3.10. The van der Waals surface area contributed by atoms with E-state index < -0.39 is 0 Å². The van der Waals surface area contributed by atoms with Crippen molar-refractivity contribution in [3.8, 4) is 0 Å². The summed E-state index contributed by atoms with van der Waals surface area (Å²) in [5, 5.41) is 2.95.